The summed E-state index contributed by atoms with van der Waals surface area (Å²) in [6.45, 7) is 0. The van der Waals surface area contributed by atoms with Crippen LogP contribution in [0.3, 0.4) is 0 Å². The third-order valence-corrected chi connectivity index (χ3v) is 6.77. The van der Waals surface area contributed by atoms with Crippen molar-refractivity contribution in [1.29, 1.82) is 0 Å². The van der Waals surface area contributed by atoms with Crippen molar-refractivity contribution in [2.75, 3.05) is 0 Å². The van der Waals surface area contributed by atoms with Gasteiger partial charge in [0, 0.05) is 27.6 Å². The van der Waals surface area contributed by atoms with Gasteiger partial charge in [0.1, 0.15) is 11.3 Å². The van der Waals surface area contributed by atoms with Crippen LogP contribution in [-0.4, -0.2) is 15.0 Å². The number of hydrogen-bond donors (Lipinski definition) is 0. The molecular formula is C35H23N3O. The molecule has 2 aromatic heterocycles. The molecule has 0 saturated carbocycles. The molecule has 2 heterocycles. The van der Waals surface area contributed by atoms with Crippen LogP contribution in [0.15, 0.2) is 144 Å². The molecule has 0 aliphatic rings. The second-order valence-corrected chi connectivity index (χ2v) is 9.34. The zero-order chi connectivity index (χ0) is 26.0. The van der Waals surface area contributed by atoms with Gasteiger partial charge >= 0.3 is 0 Å². The highest BCUT2D eigenvalue weighted by molar-refractivity contribution is 5.83. The van der Waals surface area contributed by atoms with Crippen molar-refractivity contribution in [3.8, 4) is 56.6 Å². The van der Waals surface area contributed by atoms with E-state index in [0.29, 0.717) is 17.5 Å². The largest absolute Gasteiger partial charge is 0.456 e. The first-order valence-electron chi connectivity index (χ1n) is 12.9. The van der Waals surface area contributed by atoms with Gasteiger partial charge in [0.25, 0.3) is 0 Å². The lowest BCUT2D eigenvalue weighted by Gasteiger charge is -2.09. The van der Waals surface area contributed by atoms with Crippen molar-refractivity contribution >= 4 is 11.0 Å². The van der Waals surface area contributed by atoms with Crippen molar-refractivity contribution < 1.29 is 4.42 Å². The van der Waals surface area contributed by atoms with Crippen molar-refractivity contribution in [2.24, 2.45) is 0 Å². The van der Waals surface area contributed by atoms with Gasteiger partial charge in [-0.25, -0.2) is 15.0 Å². The molecule has 0 bridgehead atoms. The van der Waals surface area contributed by atoms with Crippen LogP contribution in [0.4, 0.5) is 0 Å². The number of hydrogen-bond acceptors (Lipinski definition) is 4. The first-order valence-corrected chi connectivity index (χ1v) is 12.9. The maximum atomic E-state index is 6.05. The Balaban J connectivity index is 1.28. The molecule has 0 radical (unpaired) electrons. The van der Waals surface area contributed by atoms with E-state index in [4.69, 9.17) is 19.4 Å². The summed E-state index contributed by atoms with van der Waals surface area (Å²) in [4.78, 5) is 14.6. The van der Waals surface area contributed by atoms with E-state index in [1.54, 1.807) is 0 Å². The number of fused-ring (bicyclic) bond motifs is 1. The Morgan fingerprint density at radius 2 is 0.769 bits per heavy atom. The minimum atomic E-state index is 0.627. The van der Waals surface area contributed by atoms with Crippen LogP contribution < -0.4 is 0 Å². The van der Waals surface area contributed by atoms with E-state index in [1.807, 2.05) is 91.0 Å². The van der Waals surface area contributed by atoms with Crippen LogP contribution in [0.1, 0.15) is 0 Å². The normalized spacial score (nSPS) is 11.1. The fourth-order valence-corrected chi connectivity index (χ4v) is 4.70. The van der Waals surface area contributed by atoms with E-state index in [0.717, 1.165) is 44.5 Å². The Labute approximate surface area is 226 Å². The van der Waals surface area contributed by atoms with Gasteiger partial charge < -0.3 is 4.42 Å². The lowest BCUT2D eigenvalue weighted by Crippen LogP contribution is -2.00. The summed E-state index contributed by atoms with van der Waals surface area (Å²) in [5.41, 5.74) is 7.01. The Hall–Kier alpha value is -5.35. The Kier molecular flexibility index (Phi) is 5.76. The van der Waals surface area contributed by atoms with Gasteiger partial charge in [-0.15, -0.1) is 0 Å². The molecule has 0 atom stereocenters. The van der Waals surface area contributed by atoms with Crippen LogP contribution in [-0.2, 0) is 0 Å². The fourth-order valence-electron chi connectivity index (χ4n) is 4.70. The van der Waals surface area contributed by atoms with E-state index >= 15 is 0 Å². The summed E-state index contributed by atoms with van der Waals surface area (Å²) in [6, 6.07) is 47.0. The maximum Gasteiger partial charge on any atom is 0.164 e. The quantitative estimate of drug-likeness (QED) is 0.236. The number of benzene rings is 5. The molecule has 0 saturated heterocycles. The molecule has 39 heavy (non-hydrogen) atoms. The monoisotopic (exact) mass is 501 g/mol. The zero-order valence-electron chi connectivity index (χ0n) is 21.0. The summed E-state index contributed by atoms with van der Waals surface area (Å²) < 4.78 is 6.05. The topological polar surface area (TPSA) is 51.8 Å². The van der Waals surface area contributed by atoms with Crippen LogP contribution in [0, 0.1) is 0 Å². The lowest BCUT2D eigenvalue weighted by molar-refractivity contribution is 0.631. The average Bonchev–Trinajstić information content (AvgIpc) is 3.46. The van der Waals surface area contributed by atoms with E-state index in [-0.39, 0.29) is 0 Å². The smallest absolute Gasteiger partial charge is 0.164 e. The minimum Gasteiger partial charge on any atom is -0.456 e. The second-order valence-electron chi connectivity index (χ2n) is 9.34. The van der Waals surface area contributed by atoms with Gasteiger partial charge in [-0.3, -0.25) is 0 Å². The van der Waals surface area contributed by atoms with E-state index in [9.17, 15) is 0 Å². The number of para-hydroxylation sites is 1. The molecule has 4 heteroatoms. The number of nitrogens with zero attached hydrogens (tertiary/aromatic N) is 3. The van der Waals surface area contributed by atoms with Crippen LogP contribution in [0.5, 0.6) is 0 Å². The highest BCUT2D eigenvalue weighted by atomic mass is 16.3. The van der Waals surface area contributed by atoms with Crippen LogP contribution in [0.2, 0.25) is 0 Å². The third-order valence-electron chi connectivity index (χ3n) is 6.77. The number of rotatable bonds is 5. The Bertz CT molecular complexity index is 1840. The van der Waals surface area contributed by atoms with Crippen molar-refractivity contribution in [3.05, 3.63) is 140 Å². The van der Waals surface area contributed by atoms with E-state index < -0.39 is 0 Å². The van der Waals surface area contributed by atoms with Crippen molar-refractivity contribution in [2.45, 2.75) is 0 Å². The average molecular weight is 502 g/mol. The van der Waals surface area contributed by atoms with Crippen molar-refractivity contribution in [1.82, 2.24) is 15.0 Å². The lowest BCUT2D eigenvalue weighted by atomic mass is 10.0. The van der Waals surface area contributed by atoms with Crippen LogP contribution >= 0.6 is 0 Å². The summed E-state index contributed by atoms with van der Waals surface area (Å²) in [7, 11) is 0. The molecular weight excluding hydrogens is 478 g/mol. The first kappa shape index (κ1) is 22.8. The summed E-state index contributed by atoms with van der Waals surface area (Å²) >= 11 is 0. The van der Waals surface area contributed by atoms with E-state index in [2.05, 4.69) is 48.5 Å². The second kappa shape index (κ2) is 9.84. The molecule has 0 aliphatic heterocycles. The molecule has 0 fully saturated rings. The van der Waals surface area contributed by atoms with E-state index in [1.165, 1.54) is 5.56 Å². The van der Waals surface area contributed by atoms with Gasteiger partial charge in [-0.1, -0.05) is 127 Å². The fraction of sp³-hybridized carbons (Fsp3) is 0. The molecule has 184 valence electrons. The Morgan fingerprint density at radius 1 is 0.359 bits per heavy atom. The van der Waals surface area contributed by atoms with Gasteiger partial charge in [-0.05, 0) is 23.3 Å². The highest BCUT2D eigenvalue weighted by Gasteiger charge is 2.13. The molecule has 7 rings (SSSR count). The first-order chi connectivity index (χ1) is 19.3. The predicted octanol–water partition coefficient (Wildman–Crippen LogP) is 8.95. The number of aromatic nitrogens is 3. The Morgan fingerprint density at radius 3 is 1.33 bits per heavy atom. The summed E-state index contributed by atoms with van der Waals surface area (Å²) in [5, 5.41) is 1.09. The third kappa shape index (κ3) is 4.60. The SMILES string of the molecule is c1ccc(-c2ccc(-c3nc(-c4ccccc4)nc(-c4ccc(-c5cc6ccccc6o5)cc4)n3)cc2)cc1. The van der Waals surface area contributed by atoms with Gasteiger partial charge in [-0.2, -0.15) is 0 Å². The molecule has 0 N–H and O–H groups in total. The van der Waals surface area contributed by atoms with Crippen LogP contribution in [0.25, 0.3) is 67.6 Å². The highest BCUT2D eigenvalue weighted by Crippen LogP contribution is 2.31. The predicted molar refractivity (Wildman–Crippen MR) is 157 cm³/mol. The molecule has 4 nitrogen and oxygen atoms in total. The number of furan rings is 1. The summed E-state index contributed by atoms with van der Waals surface area (Å²) in [5.74, 6) is 2.74. The molecule has 7 aromatic rings. The van der Waals surface area contributed by atoms with Gasteiger partial charge in [0.05, 0.1) is 0 Å². The zero-order valence-corrected chi connectivity index (χ0v) is 21.0. The molecule has 0 amide bonds. The molecule has 5 aromatic carbocycles. The molecule has 0 spiro atoms. The standard InChI is InChI=1S/C35H23N3O/c1-3-9-24(10-4-1)25-15-19-28(20-16-25)34-36-33(27-11-5-2-6-12-27)37-35(38-34)29-21-17-26(18-22-29)32-23-30-13-7-8-14-31(30)39-32/h1-23H. The minimum absolute atomic E-state index is 0.627. The van der Waals surface area contributed by atoms with Gasteiger partial charge in [0.2, 0.25) is 0 Å². The summed E-state index contributed by atoms with van der Waals surface area (Å²) in [6.07, 6.45) is 0. The molecule has 0 unspecified atom stereocenters. The molecule has 0 aliphatic carbocycles. The van der Waals surface area contributed by atoms with Crippen molar-refractivity contribution in [3.63, 3.8) is 0 Å². The van der Waals surface area contributed by atoms with Gasteiger partial charge in [0.15, 0.2) is 17.5 Å². The maximum absolute atomic E-state index is 6.05.